The minimum atomic E-state index is -0.331. The molecule has 0 radical (unpaired) electrons. The van der Waals surface area contributed by atoms with E-state index in [0.717, 1.165) is 35.9 Å². The number of nitrogens with one attached hydrogen (secondary N) is 2. The normalized spacial score (nSPS) is 21.5. The number of amides is 1. The zero-order valence-electron chi connectivity index (χ0n) is 12.7. The van der Waals surface area contributed by atoms with Gasteiger partial charge in [-0.25, -0.2) is 9.78 Å². The van der Waals surface area contributed by atoms with Gasteiger partial charge < -0.3 is 15.0 Å². The molecule has 1 aliphatic carbocycles. The van der Waals surface area contributed by atoms with Crippen molar-refractivity contribution in [2.24, 2.45) is 0 Å². The molecule has 118 valence electrons. The Morgan fingerprint density at radius 3 is 3.09 bits per heavy atom. The van der Waals surface area contributed by atoms with Gasteiger partial charge in [-0.3, -0.25) is 0 Å². The average Bonchev–Trinajstić information content (AvgIpc) is 3.05. The first-order valence-electron chi connectivity index (χ1n) is 7.62. The number of alkyl carbamates (subject to hydrolysis) is 1. The summed E-state index contributed by atoms with van der Waals surface area (Å²) in [4.78, 5) is 19.1. The predicted octanol–water partition coefficient (Wildman–Crippen LogP) is 3.99. The van der Waals surface area contributed by atoms with Crippen molar-refractivity contribution in [3.8, 4) is 0 Å². The molecule has 2 aromatic heterocycles. The van der Waals surface area contributed by atoms with Crippen LogP contribution in [0, 0.1) is 0 Å². The minimum absolute atomic E-state index is 0.0267. The molecule has 0 aromatic carbocycles. The molecule has 2 N–H and O–H groups in total. The Morgan fingerprint density at radius 1 is 1.50 bits per heavy atom. The number of hydrogen-bond acceptors (Lipinski definition) is 3. The lowest BCUT2D eigenvalue weighted by atomic mass is 9.99. The van der Waals surface area contributed by atoms with E-state index < -0.39 is 0 Å². The van der Waals surface area contributed by atoms with Gasteiger partial charge in [0.25, 0.3) is 0 Å². The van der Waals surface area contributed by atoms with Crippen LogP contribution in [0.1, 0.15) is 44.6 Å². The van der Waals surface area contributed by atoms with Crippen molar-refractivity contribution in [1.29, 1.82) is 0 Å². The van der Waals surface area contributed by atoms with Crippen LogP contribution >= 0.6 is 11.6 Å². The van der Waals surface area contributed by atoms with Gasteiger partial charge in [0, 0.05) is 23.8 Å². The highest BCUT2D eigenvalue weighted by molar-refractivity contribution is 6.35. The minimum Gasteiger partial charge on any atom is -0.446 e. The number of pyridine rings is 1. The number of aromatic nitrogens is 2. The van der Waals surface area contributed by atoms with Gasteiger partial charge in [0.1, 0.15) is 11.8 Å². The SMILES string of the molecule is CC(C)NC(=O)OC1CCC(c2cnc3[nH]cc(Cl)c3c2)C1. The van der Waals surface area contributed by atoms with E-state index in [-0.39, 0.29) is 18.2 Å². The molecule has 22 heavy (non-hydrogen) atoms. The first-order chi connectivity index (χ1) is 10.5. The Hall–Kier alpha value is -1.75. The van der Waals surface area contributed by atoms with Crippen LogP contribution in [0.2, 0.25) is 5.02 Å². The Labute approximate surface area is 134 Å². The van der Waals surface area contributed by atoms with Gasteiger partial charge in [0.05, 0.1) is 5.02 Å². The summed E-state index contributed by atoms with van der Waals surface area (Å²) in [5.74, 6) is 0.361. The van der Waals surface area contributed by atoms with Crippen molar-refractivity contribution in [3.63, 3.8) is 0 Å². The lowest BCUT2D eigenvalue weighted by molar-refractivity contribution is 0.0982. The lowest BCUT2D eigenvalue weighted by Crippen LogP contribution is -2.33. The molecule has 2 aromatic rings. The fourth-order valence-electron chi connectivity index (χ4n) is 2.98. The van der Waals surface area contributed by atoms with Crippen LogP contribution in [0.3, 0.4) is 0 Å². The van der Waals surface area contributed by atoms with Gasteiger partial charge in [-0.05, 0) is 50.7 Å². The fourth-order valence-corrected chi connectivity index (χ4v) is 3.18. The van der Waals surface area contributed by atoms with E-state index in [1.807, 2.05) is 20.0 Å². The second-order valence-electron chi connectivity index (χ2n) is 6.14. The average molecular weight is 322 g/mol. The third-order valence-corrected chi connectivity index (χ3v) is 4.35. The lowest BCUT2D eigenvalue weighted by Gasteiger charge is -2.15. The second-order valence-corrected chi connectivity index (χ2v) is 6.54. The summed E-state index contributed by atoms with van der Waals surface area (Å²) in [5, 5.41) is 4.39. The van der Waals surface area contributed by atoms with Crippen LogP contribution in [0.4, 0.5) is 4.79 Å². The van der Waals surface area contributed by atoms with E-state index in [1.54, 1.807) is 6.20 Å². The van der Waals surface area contributed by atoms with Crippen molar-refractivity contribution in [2.75, 3.05) is 0 Å². The van der Waals surface area contributed by atoms with Crippen molar-refractivity contribution in [1.82, 2.24) is 15.3 Å². The Balaban J connectivity index is 1.66. The van der Waals surface area contributed by atoms with E-state index in [9.17, 15) is 4.79 Å². The Morgan fingerprint density at radius 2 is 2.32 bits per heavy atom. The van der Waals surface area contributed by atoms with E-state index in [1.165, 1.54) is 0 Å². The molecule has 3 rings (SSSR count). The first kappa shape index (κ1) is 15.2. The van der Waals surface area contributed by atoms with Crippen LogP contribution in [-0.2, 0) is 4.74 Å². The number of hydrogen-bond donors (Lipinski definition) is 2. The van der Waals surface area contributed by atoms with E-state index in [0.29, 0.717) is 10.9 Å². The topological polar surface area (TPSA) is 67.0 Å². The van der Waals surface area contributed by atoms with Gasteiger partial charge in [-0.1, -0.05) is 11.6 Å². The first-order valence-corrected chi connectivity index (χ1v) is 8.00. The molecule has 0 bridgehead atoms. The molecule has 6 heteroatoms. The van der Waals surface area contributed by atoms with Crippen LogP contribution < -0.4 is 5.32 Å². The summed E-state index contributed by atoms with van der Waals surface area (Å²) in [7, 11) is 0. The third kappa shape index (κ3) is 3.19. The number of aromatic amines is 1. The zero-order valence-corrected chi connectivity index (χ0v) is 13.5. The number of carbonyl (C=O) groups excluding carboxylic acids is 1. The molecule has 5 nitrogen and oxygen atoms in total. The molecule has 1 aliphatic rings. The largest absolute Gasteiger partial charge is 0.446 e. The third-order valence-electron chi connectivity index (χ3n) is 4.04. The van der Waals surface area contributed by atoms with E-state index in [4.69, 9.17) is 16.3 Å². The summed E-state index contributed by atoms with van der Waals surface area (Å²) in [6, 6.07) is 2.18. The predicted molar refractivity (Wildman–Crippen MR) is 86.2 cm³/mol. The van der Waals surface area contributed by atoms with Crippen LogP contribution in [0.5, 0.6) is 0 Å². The van der Waals surface area contributed by atoms with Crippen molar-refractivity contribution in [3.05, 3.63) is 29.0 Å². The van der Waals surface area contributed by atoms with Gasteiger partial charge in [0.2, 0.25) is 0 Å². The van der Waals surface area contributed by atoms with E-state index in [2.05, 4.69) is 21.4 Å². The number of carbonyl (C=O) groups is 1. The number of fused-ring (bicyclic) bond motifs is 1. The molecular weight excluding hydrogens is 302 g/mol. The smallest absolute Gasteiger partial charge is 0.407 e. The molecule has 2 atom stereocenters. The van der Waals surface area contributed by atoms with Crippen LogP contribution in [0.25, 0.3) is 11.0 Å². The molecule has 0 spiro atoms. The molecular formula is C16H20ClN3O2. The summed E-state index contributed by atoms with van der Waals surface area (Å²) in [6.45, 7) is 3.83. The molecule has 1 saturated carbocycles. The van der Waals surface area contributed by atoms with Crippen molar-refractivity contribution >= 4 is 28.7 Å². The highest BCUT2D eigenvalue weighted by atomic mass is 35.5. The van der Waals surface area contributed by atoms with Crippen molar-refractivity contribution < 1.29 is 9.53 Å². The summed E-state index contributed by atoms with van der Waals surface area (Å²) in [5.41, 5.74) is 1.96. The van der Waals surface area contributed by atoms with Crippen molar-refractivity contribution in [2.45, 2.75) is 51.2 Å². The maximum Gasteiger partial charge on any atom is 0.407 e. The number of halogens is 1. The molecule has 2 unspecified atom stereocenters. The Bertz CT molecular complexity index is 683. The van der Waals surface area contributed by atoms with Crippen LogP contribution in [-0.4, -0.2) is 28.2 Å². The molecule has 0 saturated heterocycles. The molecule has 1 amide bonds. The number of H-pyrrole nitrogens is 1. The maximum absolute atomic E-state index is 11.7. The number of ether oxygens (including phenoxy) is 1. The van der Waals surface area contributed by atoms with Gasteiger partial charge in [-0.2, -0.15) is 0 Å². The van der Waals surface area contributed by atoms with Gasteiger partial charge >= 0.3 is 6.09 Å². The summed E-state index contributed by atoms with van der Waals surface area (Å²) < 4.78 is 5.47. The zero-order chi connectivity index (χ0) is 15.7. The maximum atomic E-state index is 11.7. The second kappa shape index (κ2) is 6.16. The standard InChI is InChI=1S/C16H20ClN3O2/c1-9(2)20-16(21)22-12-4-3-10(5-12)11-6-13-14(17)8-19-15(13)18-7-11/h6-10,12H,3-5H2,1-2H3,(H,18,19)(H,20,21). The quantitative estimate of drug-likeness (QED) is 0.898. The van der Waals surface area contributed by atoms with Gasteiger partial charge in [0.15, 0.2) is 0 Å². The molecule has 1 fully saturated rings. The molecule has 2 heterocycles. The van der Waals surface area contributed by atoms with Crippen LogP contribution in [0.15, 0.2) is 18.5 Å². The number of rotatable bonds is 3. The van der Waals surface area contributed by atoms with Gasteiger partial charge in [-0.15, -0.1) is 0 Å². The fraction of sp³-hybridized carbons (Fsp3) is 0.500. The highest BCUT2D eigenvalue weighted by Gasteiger charge is 2.29. The summed E-state index contributed by atoms with van der Waals surface area (Å²) >= 11 is 6.15. The summed E-state index contributed by atoms with van der Waals surface area (Å²) in [6.07, 6.45) is 5.99. The monoisotopic (exact) mass is 321 g/mol. The molecule has 0 aliphatic heterocycles. The van der Waals surface area contributed by atoms with E-state index >= 15 is 0 Å². The highest BCUT2D eigenvalue weighted by Crippen LogP contribution is 2.37. The Kier molecular flexibility index (Phi) is 4.25. The number of nitrogens with zero attached hydrogens (tertiary/aromatic N) is 1.